The molecule has 1 aromatic carbocycles. The van der Waals surface area contributed by atoms with Crippen molar-refractivity contribution < 1.29 is 9.90 Å². The maximum Gasteiger partial charge on any atom is 0.325 e. The van der Waals surface area contributed by atoms with E-state index < -0.39 is 23.2 Å². The van der Waals surface area contributed by atoms with Gasteiger partial charge in [-0.05, 0) is 12.0 Å². The first-order valence-electron chi connectivity index (χ1n) is 6.38. The highest BCUT2D eigenvalue weighted by Crippen LogP contribution is 2.03. The highest BCUT2D eigenvalue weighted by molar-refractivity contribution is 5.93. The molecular weight excluding hydrogens is 274 g/mol. The Bertz CT molecular complexity index is 721. The minimum Gasteiger partial charge on any atom is -0.394 e. The number of amides is 1. The van der Waals surface area contributed by atoms with Crippen molar-refractivity contribution in [3.63, 3.8) is 0 Å². The number of aromatic nitrogens is 2. The highest BCUT2D eigenvalue weighted by Gasteiger charge is 2.16. The number of carbonyl (C=O) groups excluding carboxylic acids is 1. The van der Waals surface area contributed by atoms with Crippen LogP contribution in [0.3, 0.4) is 0 Å². The van der Waals surface area contributed by atoms with E-state index in [-0.39, 0.29) is 12.2 Å². The van der Waals surface area contributed by atoms with Crippen LogP contribution >= 0.6 is 0 Å². The summed E-state index contributed by atoms with van der Waals surface area (Å²) in [6.45, 7) is -0.262. The van der Waals surface area contributed by atoms with Crippen LogP contribution < -0.4 is 16.6 Å². The Balaban J connectivity index is 2.09. The van der Waals surface area contributed by atoms with Crippen molar-refractivity contribution in [1.82, 2.24) is 15.3 Å². The summed E-state index contributed by atoms with van der Waals surface area (Å²) in [7, 11) is 0. The van der Waals surface area contributed by atoms with Crippen LogP contribution in [0.5, 0.6) is 0 Å². The zero-order chi connectivity index (χ0) is 15.2. The van der Waals surface area contributed by atoms with E-state index >= 15 is 0 Å². The number of rotatable bonds is 5. The van der Waals surface area contributed by atoms with Crippen LogP contribution in [0, 0.1) is 0 Å². The van der Waals surface area contributed by atoms with Crippen molar-refractivity contribution in [2.24, 2.45) is 0 Å². The SMILES string of the molecule is O=C(N[C@H](CO)Cc1ccccc1)c1c[nH]c(=O)[nH]c1=O. The Hall–Kier alpha value is -2.67. The summed E-state index contributed by atoms with van der Waals surface area (Å²) in [6, 6.07) is 8.82. The van der Waals surface area contributed by atoms with Gasteiger partial charge in [-0.3, -0.25) is 14.6 Å². The van der Waals surface area contributed by atoms with Crippen molar-refractivity contribution in [2.45, 2.75) is 12.5 Å². The molecule has 1 heterocycles. The van der Waals surface area contributed by atoms with E-state index in [2.05, 4.69) is 10.3 Å². The third-order valence-electron chi connectivity index (χ3n) is 2.94. The van der Waals surface area contributed by atoms with Gasteiger partial charge in [-0.25, -0.2) is 4.79 Å². The van der Waals surface area contributed by atoms with Gasteiger partial charge in [0.05, 0.1) is 12.6 Å². The van der Waals surface area contributed by atoms with Crippen LogP contribution in [-0.4, -0.2) is 33.6 Å². The molecule has 0 aliphatic heterocycles. The van der Waals surface area contributed by atoms with Gasteiger partial charge in [-0.1, -0.05) is 30.3 Å². The molecule has 2 aromatic rings. The second-order valence-corrected chi connectivity index (χ2v) is 4.53. The molecule has 0 radical (unpaired) electrons. The average Bonchev–Trinajstić information content (AvgIpc) is 2.47. The van der Waals surface area contributed by atoms with Gasteiger partial charge in [0, 0.05) is 6.20 Å². The molecule has 0 fully saturated rings. The van der Waals surface area contributed by atoms with Gasteiger partial charge in [0.1, 0.15) is 5.56 Å². The van der Waals surface area contributed by atoms with Crippen molar-refractivity contribution in [1.29, 1.82) is 0 Å². The molecular formula is C14H15N3O4. The number of hydrogen-bond donors (Lipinski definition) is 4. The first-order valence-corrected chi connectivity index (χ1v) is 6.38. The Morgan fingerprint density at radius 2 is 1.95 bits per heavy atom. The van der Waals surface area contributed by atoms with Gasteiger partial charge in [-0.2, -0.15) is 0 Å². The zero-order valence-electron chi connectivity index (χ0n) is 11.1. The van der Waals surface area contributed by atoms with E-state index in [1.165, 1.54) is 0 Å². The fourth-order valence-electron chi connectivity index (χ4n) is 1.90. The molecule has 1 aromatic heterocycles. The molecule has 1 amide bonds. The van der Waals surface area contributed by atoms with E-state index in [0.717, 1.165) is 11.8 Å². The lowest BCUT2D eigenvalue weighted by Crippen LogP contribution is -2.42. The summed E-state index contributed by atoms with van der Waals surface area (Å²) in [5, 5.41) is 11.9. The maximum atomic E-state index is 12.0. The lowest BCUT2D eigenvalue weighted by atomic mass is 10.1. The number of aliphatic hydroxyl groups is 1. The summed E-state index contributed by atoms with van der Waals surface area (Å²) >= 11 is 0. The van der Waals surface area contributed by atoms with Gasteiger partial charge in [0.25, 0.3) is 11.5 Å². The standard InChI is InChI=1S/C14H15N3O4/c18-8-10(6-9-4-2-1-3-5-9)16-12(19)11-7-15-14(21)17-13(11)20/h1-5,7,10,18H,6,8H2,(H,16,19)(H2,15,17,20,21)/t10-/m0/s1. The largest absolute Gasteiger partial charge is 0.394 e. The molecule has 2 rings (SSSR count). The summed E-state index contributed by atoms with van der Waals surface area (Å²) in [5.41, 5.74) is -0.708. The van der Waals surface area contributed by atoms with E-state index in [1.807, 2.05) is 35.3 Å². The van der Waals surface area contributed by atoms with Crippen LogP contribution in [0.2, 0.25) is 0 Å². The first-order chi connectivity index (χ1) is 10.1. The third kappa shape index (κ3) is 3.90. The molecule has 0 aliphatic carbocycles. The smallest absolute Gasteiger partial charge is 0.325 e. The number of aromatic amines is 2. The van der Waals surface area contributed by atoms with E-state index in [4.69, 9.17) is 0 Å². The van der Waals surface area contributed by atoms with Crippen LogP contribution in [0.25, 0.3) is 0 Å². The van der Waals surface area contributed by atoms with Crippen LogP contribution in [0.1, 0.15) is 15.9 Å². The molecule has 1 atom stereocenters. The minimum absolute atomic E-state index is 0.207. The third-order valence-corrected chi connectivity index (χ3v) is 2.94. The van der Waals surface area contributed by atoms with E-state index in [1.54, 1.807) is 0 Å². The van der Waals surface area contributed by atoms with Crippen LogP contribution in [-0.2, 0) is 6.42 Å². The Labute approximate surface area is 119 Å². The van der Waals surface area contributed by atoms with Crippen molar-refractivity contribution in [3.05, 3.63) is 68.5 Å². The number of H-pyrrole nitrogens is 2. The lowest BCUT2D eigenvalue weighted by molar-refractivity contribution is 0.0914. The van der Waals surface area contributed by atoms with Crippen molar-refractivity contribution >= 4 is 5.91 Å². The van der Waals surface area contributed by atoms with Gasteiger partial charge in [0.15, 0.2) is 0 Å². The molecule has 21 heavy (non-hydrogen) atoms. The number of aliphatic hydroxyl groups excluding tert-OH is 1. The zero-order valence-corrected chi connectivity index (χ0v) is 11.1. The quantitative estimate of drug-likeness (QED) is 0.588. The molecule has 7 nitrogen and oxygen atoms in total. The fraction of sp³-hybridized carbons (Fsp3) is 0.214. The summed E-state index contributed by atoms with van der Waals surface area (Å²) < 4.78 is 0. The molecule has 110 valence electrons. The number of carbonyl (C=O) groups is 1. The van der Waals surface area contributed by atoms with Crippen molar-refractivity contribution in [2.75, 3.05) is 6.61 Å². The number of nitrogens with one attached hydrogen (secondary N) is 3. The molecule has 0 saturated heterocycles. The summed E-state index contributed by atoms with van der Waals surface area (Å²) in [4.78, 5) is 38.6. The van der Waals surface area contributed by atoms with Gasteiger partial charge < -0.3 is 15.4 Å². The number of hydrogen-bond acceptors (Lipinski definition) is 4. The van der Waals surface area contributed by atoms with E-state index in [0.29, 0.717) is 6.42 Å². The molecule has 7 heteroatoms. The van der Waals surface area contributed by atoms with E-state index in [9.17, 15) is 19.5 Å². The molecule has 0 spiro atoms. The summed E-state index contributed by atoms with van der Waals surface area (Å²) in [5.74, 6) is -0.650. The van der Waals surface area contributed by atoms with Crippen LogP contribution in [0.15, 0.2) is 46.1 Å². The van der Waals surface area contributed by atoms with Gasteiger partial charge in [0.2, 0.25) is 0 Å². The second-order valence-electron chi connectivity index (χ2n) is 4.53. The predicted molar refractivity (Wildman–Crippen MR) is 76.2 cm³/mol. The first kappa shape index (κ1) is 14.7. The van der Waals surface area contributed by atoms with Crippen LogP contribution in [0.4, 0.5) is 0 Å². The normalized spacial score (nSPS) is 11.9. The Morgan fingerprint density at radius 3 is 2.57 bits per heavy atom. The second kappa shape index (κ2) is 6.67. The average molecular weight is 289 g/mol. The van der Waals surface area contributed by atoms with Gasteiger partial charge >= 0.3 is 5.69 Å². The molecule has 4 N–H and O–H groups in total. The minimum atomic E-state index is -0.771. The topological polar surface area (TPSA) is 115 Å². The lowest BCUT2D eigenvalue weighted by Gasteiger charge is -2.16. The highest BCUT2D eigenvalue weighted by atomic mass is 16.3. The molecule has 0 aliphatic rings. The molecule has 0 saturated carbocycles. The molecule has 0 bridgehead atoms. The monoisotopic (exact) mass is 289 g/mol. The maximum absolute atomic E-state index is 12.0. The fourth-order valence-corrected chi connectivity index (χ4v) is 1.90. The Kier molecular flexibility index (Phi) is 4.68. The molecule has 0 unspecified atom stereocenters. The Morgan fingerprint density at radius 1 is 1.24 bits per heavy atom. The summed E-state index contributed by atoms with van der Waals surface area (Å²) in [6.07, 6.45) is 1.48. The predicted octanol–water partition coefficient (Wildman–Crippen LogP) is -0.603. The van der Waals surface area contributed by atoms with Gasteiger partial charge in [-0.15, -0.1) is 0 Å². The van der Waals surface area contributed by atoms with Crippen molar-refractivity contribution in [3.8, 4) is 0 Å². The number of benzene rings is 1.